The van der Waals surface area contributed by atoms with Gasteiger partial charge in [-0.05, 0) is 37.3 Å². The van der Waals surface area contributed by atoms with E-state index in [0.29, 0.717) is 29.0 Å². The van der Waals surface area contributed by atoms with Crippen LogP contribution < -0.4 is 15.4 Å². The largest absolute Gasteiger partial charge is 0.480 e. The fraction of sp³-hybridized carbons (Fsp3) is 0.174. The molecule has 5 aromatic rings. The lowest BCUT2D eigenvalue weighted by molar-refractivity contribution is -0.126. The second-order valence-corrected chi connectivity index (χ2v) is 8.15. The third kappa shape index (κ3) is 4.20. The van der Waals surface area contributed by atoms with Crippen LogP contribution in [0, 0.1) is 0 Å². The molecule has 2 N–H and O–H groups in total. The maximum absolute atomic E-state index is 12.0. The van der Waals surface area contributed by atoms with Crippen LogP contribution in [0.3, 0.4) is 0 Å². The van der Waals surface area contributed by atoms with E-state index in [-0.39, 0.29) is 5.91 Å². The number of hydrogen-bond donors (Lipinski definition) is 2. The van der Waals surface area contributed by atoms with Gasteiger partial charge >= 0.3 is 0 Å². The van der Waals surface area contributed by atoms with Gasteiger partial charge in [-0.3, -0.25) is 9.48 Å². The summed E-state index contributed by atoms with van der Waals surface area (Å²) in [7, 11) is 1.58. The number of ether oxygens (including phenoxy) is 1. The Labute approximate surface area is 193 Å². The summed E-state index contributed by atoms with van der Waals surface area (Å²) in [5.41, 5.74) is 5.39. The lowest BCUT2D eigenvalue weighted by Crippen LogP contribution is -2.33. The summed E-state index contributed by atoms with van der Waals surface area (Å²) in [6, 6.07) is 11.5. The molecule has 1 amide bonds. The average molecular weight is 460 g/mol. The molecule has 0 aliphatic rings. The number of amides is 1. The van der Waals surface area contributed by atoms with Crippen LogP contribution >= 0.6 is 11.3 Å². The van der Waals surface area contributed by atoms with Crippen LogP contribution in [0.5, 0.6) is 5.75 Å². The quantitative estimate of drug-likeness (QED) is 0.382. The highest BCUT2D eigenvalue weighted by atomic mass is 32.1. The summed E-state index contributed by atoms with van der Waals surface area (Å²) in [6.07, 6.45) is 2.68. The number of rotatable bonds is 7. The molecule has 0 saturated heterocycles. The topological polar surface area (TPSA) is 107 Å². The molecule has 0 fully saturated rings. The predicted octanol–water partition coefficient (Wildman–Crippen LogP) is 3.74. The molecule has 3 heterocycles. The summed E-state index contributed by atoms with van der Waals surface area (Å²) in [5.74, 6) is 0.913. The summed E-state index contributed by atoms with van der Waals surface area (Å²) >= 11 is 1.57. The lowest BCUT2D eigenvalue weighted by Gasteiger charge is -2.16. The third-order valence-corrected chi connectivity index (χ3v) is 5.88. The molecule has 10 heteroatoms. The van der Waals surface area contributed by atoms with Crippen LogP contribution in [0.15, 0.2) is 59.8 Å². The number of benzene rings is 2. The fourth-order valence-electron chi connectivity index (χ4n) is 3.62. The molecular weight excluding hydrogens is 438 g/mol. The molecule has 0 radical (unpaired) electrons. The molecule has 9 nitrogen and oxygen atoms in total. The summed E-state index contributed by atoms with van der Waals surface area (Å²) < 4.78 is 7.86. The lowest BCUT2D eigenvalue weighted by atomic mass is 10.2. The number of carbonyl (C=O) groups is 1. The molecule has 33 heavy (non-hydrogen) atoms. The maximum atomic E-state index is 12.0. The molecule has 0 unspecified atom stereocenters. The molecule has 0 aliphatic heterocycles. The monoisotopic (exact) mass is 459 g/mol. The molecule has 0 spiro atoms. The number of likely N-dealkylation sites (N-methyl/N-ethyl adjacent to an activating group) is 1. The normalized spacial score (nSPS) is 12.1. The SMILES string of the molecule is CNC(=O)[C@H](C)Oc1cccc2ncnc(Nc3ccc4c(cnn4Cc4cscn4)c3)c12. The minimum absolute atomic E-state index is 0.210. The Morgan fingerprint density at radius 2 is 2.12 bits per heavy atom. The second-order valence-electron chi connectivity index (χ2n) is 7.43. The Hall–Kier alpha value is -4.05. The molecule has 3 aromatic heterocycles. The first-order valence-electron chi connectivity index (χ1n) is 10.3. The standard InChI is InChI=1S/C23H21N7O2S/c1-14(23(31)24-2)32-20-5-3-4-18-21(20)22(26-12-25-18)29-16-6-7-19-15(8-16)9-28-30(19)10-17-11-33-13-27-17/h3-9,11-14H,10H2,1-2H3,(H,24,31)(H,25,26,29)/t14-/m0/s1. The molecule has 166 valence electrons. The predicted molar refractivity (Wildman–Crippen MR) is 128 cm³/mol. The van der Waals surface area contributed by atoms with E-state index in [1.807, 2.05) is 58.2 Å². The molecule has 2 aromatic carbocycles. The molecule has 0 aliphatic carbocycles. The van der Waals surface area contributed by atoms with Crippen molar-refractivity contribution >= 4 is 50.6 Å². The molecule has 0 saturated carbocycles. The first kappa shape index (κ1) is 20.8. The van der Waals surface area contributed by atoms with Gasteiger partial charge in [0.25, 0.3) is 5.91 Å². The number of nitrogens with one attached hydrogen (secondary N) is 2. The van der Waals surface area contributed by atoms with Crippen LogP contribution in [-0.2, 0) is 11.3 Å². The molecular formula is C23H21N7O2S. The van der Waals surface area contributed by atoms with Crippen LogP contribution in [-0.4, -0.2) is 43.8 Å². The number of nitrogens with zero attached hydrogens (tertiary/aromatic N) is 5. The van der Waals surface area contributed by atoms with E-state index in [0.717, 1.165) is 22.3 Å². The Kier molecular flexibility index (Phi) is 5.57. The minimum atomic E-state index is -0.659. The second kappa shape index (κ2) is 8.83. The Morgan fingerprint density at radius 3 is 2.94 bits per heavy atom. The average Bonchev–Trinajstić information content (AvgIpc) is 3.49. The van der Waals surface area contributed by atoms with Crippen LogP contribution in [0.4, 0.5) is 11.5 Å². The van der Waals surface area contributed by atoms with Crippen LogP contribution in [0.2, 0.25) is 0 Å². The van der Waals surface area contributed by atoms with Gasteiger partial charge in [0, 0.05) is 23.5 Å². The van der Waals surface area contributed by atoms with Crippen LogP contribution in [0.25, 0.3) is 21.8 Å². The van der Waals surface area contributed by atoms with Gasteiger partial charge in [-0.15, -0.1) is 11.3 Å². The van der Waals surface area contributed by atoms with Crippen molar-refractivity contribution in [3.8, 4) is 5.75 Å². The van der Waals surface area contributed by atoms with Gasteiger partial charge in [-0.25, -0.2) is 15.0 Å². The highest BCUT2D eigenvalue weighted by Crippen LogP contribution is 2.32. The fourth-order valence-corrected chi connectivity index (χ4v) is 4.16. The van der Waals surface area contributed by atoms with Crippen molar-refractivity contribution in [2.45, 2.75) is 19.6 Å². The van der Waals surface area contributed by atoms with E-state index < -0.39 is 6.10 Å². The number of thiazole rings is 1. The minimum Gasteiger partial charge on any atom is -0.480 e. The zero-order valence-corrected chi connectivity index (χ0v) is 18.8. The van der Waals surface area contributed by atoms with E-state index in [1.54, 1.807) is 25.3 Å². The molecule has 1 atom stereocenters. The van der Waals surface area contributed by atoms with Crippen molar-refractivity contribution in [3.05, 3.63) is 65.5 Å². The van der Waals surface area contributed by atoms with Gasteiger partial charge in [0.2, 0.25) is 0 Å². The smallest absolute Gasteiger partial charge is 0.260 e. The zero-order valence-electron chi connectivity index (χ0n) is 18.0. The van der Waals surface area contributed by atoms with Gasteiger partial charge in [0.15, 0.2) is 6.10 Å². The van der Waals surface area contributed by atoms with Gasteiger partial charge in [0.05, 0.1) is 40.4 Å². The first-order valence-corrected chi connectivity index (χ1v) is 11.3. The molecule has 5 rings (SSSR count). The molecule has 0 bridgehead atoms. The Morgan fingerprint density at radius 1 is 1.21 bits per heavy atom. The highest BCUT2D eigenvalue weighted by Gasteiger charge is 2.17. The van der Waals surface area contributed by atoms with Crippen molar-refractivity contribution in [1.82, 2.24) is 30.0 Å². The van der Waals surface area contributed by atoms with Crippen molar-refractivity contribution in [2.24, 2.45) is 0 Å². The number of fused-ring (bicyclic) bond motifs is 2. The van der Waals surface area contributed by atoms with Crippen molar-refractivity contribution in [3.63, 3.8) is 0 Å². The number of carbonyl (C=O) groups excluding carboxylic acids is 1. The third-order valence-electron chi connectivity index (χ3n) is 5.24. The number of aromatic nitrogens is 5. The van der Waals surface area contributed by atoms with Gasteiger partial charge in [0.1, 0.15) is 17.9 Å². The van der Waals surface area contributed by atoms with Crippen molar-refractivity contribution in [1.29, 1.82) is 0 Å². The van der Waals surface area contributed by atoms with E-state index in [4.69, 9.17) is 4.74 Å². The van der Waals surface area contributed by atoms with Crippen molar-refractivity contribution < 1.29 is 9.53 Å². The van der Waals surface area contributed by atoms with E-state index in [9.17, 15) is 4.79 Å². The Bertz CT molecular complexity index is 1430. The summed E-state index contributed by atoms with van der Waals surface area (Å²) in [4.78, 5) is 25.1. The number of hydrogen-bond acceptors (Lipinski definition) is 8. The maximum Gasteiger partial charge on any atom is 0.260 e. The van der Waals surface area contributed by atoms with Gasteiger partial charge < -0.3 is 15.4 Å². The van der Waals surface area contributed by atoms with Gasteiger partial charge in [-0.1, -0.05) is 6.07 Å². The van der Waals surface area contributed by atoms with E-state index in [2.05, 4.69) is 30.7 Å². The van der Waals surface area contributed by atoms with E-state index >= 15 is 0 Å². The number of anilines is 2. The van der Waals surface area contributed by atoms with Crippen molar-refractivity contribution in [2.75, 3.05) is 12.4 Å². The van der Waals surface area contributed by atoms with Crippen LogP contribution in [0.1, 0.15) is 12.6 Å². The Balaban J connectivity index is 1.46. The zero-order chi connectivity index (χ0) is 22.8. The van der Waals surface area contributed by atoms with Gasteiger partial charge in [-0.2, -0.15) is 5.10 Å². The van der Waals surface area contributed by atoms with E-state index in [1.165, 1.54) is 6.33 Å². The summed E-state index contributed by atoms with van der Waals surface area (Å²) in [6.45, 7) is 2.33. The first-order chi connectivity index (χ1) is 16.1. The highest BCUT2D eigenvalue weighted by molar-refractivity contribution is 7.07. The summed E-state index contributed by atoms with van der Waals surface area (Å²) in [5, 5.41) is 14.2.